The number of hydrogen-bond donors (Lipinski definition) is 1. The Kier molecular flexibility index (Phi) is 7.33. The van der Waals surface area contributed by atoms with Crippen molar-refractivity contribution in [3.63, 3.8) is 0 Å². The number of nitrogens with zero attached hydrogens (tertiary/aromatic N) is 4. The number of anilines is 1. The molecule has 1 saturated heterocycles. The molecule has 36 heavy (non-hydrogen) atoms. The highest BCUT2D eigenvalue weighted by Gasteiger charge is 2.39. The third-order valence-electron chi connectivity index (χ3n) is 9.26. The normalized spacial score (nSPS) is 24.3. The Hall–Kier alpha value is -2.48. The Morgan fingerprint density at radius 2 is 1.86 bits per heavy atom. The first-order chi connectivity index (χ1) is 17.4. The molecule has 196 valence electrons. The number of likely N-dealkylation sites (tertiary alicyclic amines) is 1. The zero-order valence-electron chi connectivity index (χ0n) is 21.8. The molecule has 2 heterocycles. The van der Waals surface area contributed by atoms with E-state index in [4.69, 9.17) is 0 Å². The fourth-order valence-corrected chi connectivity index (χ4v) is 7.18. The number of aryl methyl sites for hydroxylation is 1. The SMILES string of the molecule is CCCN(C(=O)NC=O)c1nn(C)c2cc(C3CCC(N4CCC5(CCCC5)CC4)CC3)c(F)cc12. The van der Waals surface area contributed by atoms with Gasteiger partial charge in [0.1, 0.15) is 5.82 Å². The van der Waals surface area contributed by atoms with Gasteiger partial charge in [-0.3, -0.25) is 19.7 Å². The molecule has 1 aromatic carbocycles. The van der Waals surface area contributed by atoms with Crippen LogP contribution in [-0.4, -0.2) is 52.8 Å². The highest BCUT2D eigenvalue weighted by Crippen LogP contribution is 2.47. The first-order valence-corrected chi connectivity index (χ1v) is 13.9. The molecule has 7 nitrogen and oxygen atoms in total. The van der Waals surface area contributed by atoms with Crippen LogP contribution in [0, 0.1) is 11.2 Å². The van der Waals surface area contributed by atoms with Gasteiger partial charge in [0.25, 0.3) is 0 Å². The summed E-state index contributed by atoms with van der Waals surface area (Å²) in [5.41, 5.74) is 2.22. The zero-order chi connectivity index (χ0) is 25.3. The van der Waals surface area contributed by atoms with Gasteiger partial charge in [-0.15, -0.1) is 0 Å². The Morgan fingerprint density at radius 1 is 1.17 bits per heavy atom. The van der Waals surface area contributed by atoms with Crippen LogP contribution in [0.3, 0.4) is 0 Å². The molecule has 1 aromatic heterocycles. The first kappa shape index (κ1) is 25.2. The Morgan fingerprint density at radius 3 is 2.50 bits per heavy atom. The molecule has 1 N–H and O–H groups in total. The molecule has 8 heteroatoms. The van der Waals surface area contributed by atoms with Crippen LogP contribution in [0.25, 0.3) is 10.9 Å². The minimum Gasteiger partial charge on any atom is -0.300 e. The molecule has 2 aliphatic carbocycles. The van der Waals surface area contributed by atoms with Gasteiger partial charge in [-0.1, -0.05) is 19.8 Å². The van der Waals surface area contributed by atoms with E-state index >= 15 is 4.39 Å². The maximum atomic E-state index is 15.5. The number of halogens is 1. The molecule has 3 amide bonds. The van der Waals surface area contributed by atoms with E-state index in [0.717, 1.165) is 36.8 Å². The van der Waals surface area contributed by atoms with E-state index in [1.807, 2.05) is 20.0 Å². The average molecular weight is 498 g/mol. The number of aromatic nitrogens is 2. The van der Waals surface area contributed by atoms with Crippen molar-refractivity contribution in [1.82, 2.24) is 20.0 Å². The molecule has 0 radical (unpaired) electrons. The number of piperidine rings is 1. The molecule has 1 aliphatic heterocycles. The van der Waals surface area contributed by atoms with Crippen LogP contribution >= 0.6 is 0 Å². The van der Waals surface area contributed by atoms with Crippen molar-refractivity contribution in [1.29, 1.82) is 0 Å². The average Bonchev–Trinajstić information content (AvgIpc) is 3.47. The lowest BCUT2D eigenvalue weighted by atomic mass is 9.75. The second-order valence-electron chi connectivity index (χ2n) is 11.3. The maximum absolute atomic E-state index is 15.5. The number of fused-ring (bicyclic) bond motifs is 1. The lowest BCUT2D eigenvalue weighted by molar-refractivity contribution is -0.108. The maximum Gasteiger partial charge on any atom is 0.329 e. The monoisotopic (exact) mass is 497 g/mol. The molecular weight excluding hydrogens is 457 g/mol. The second-order valence-corrected chi connectivity index (χ2v) is 11.3. The van der Waals surface area contributed by atoms with Gasteiger partial charge < -0.3 is 4.90 Å². The zero-order valence-corrected chi connectivity index (χ0v) is 21.8. The van der Waals surface area contributed by atoms with Gasteiger partial charge in [0.2, 0.25) is 6.41 Å². The predicted octanol–water partition coefficient (Wildman–Crippen LogP) is 5.48. The first-order valence-electron chi connectivity index (χ1n) is 13.9. The Bertz CT molecular complexity index is 1090. The predicted molar refractivity (Wildman–Crippen MR) is 140 cm³/mol. The van der Waals surface area contributed by atoms with Crippen molar-refractivity contribution in [2.24, 2.45) is 12.5 Å². The van der Waals surface area contributed by atoms with Crippen LogP contribution in [0.1, 0.15) is 89.0 Å². The quantitative estimate of drug-likeness (QED) is 0.537. The number of rotatable bonds is 6. The van der Waals surface area contributed by atoms with Gasteiger partial charge in [0, 0.05) is 25.0 Å². The standard InChI is InChI=1S/C28H40FN5O2/c1-3-14-34(27(36)30-19-35)26-23-17-24(29)22(18-25(23)32(2)31-26)20-6-8-21(9-7-20)33-15-12-28(13-16-33)10-4-5-11-28/h17-21H,3-16H2,1-2H3,(H,30,35,36). The molecule has 0 unspecified atom stereocenters. The number of amides is 3. The van der Waals surface area contributed by atoms with Gasteiger partial charge in [-0.05, 0) is 99.9 Å². The Balaban J connectivity index is 1.29. The number of hydrogen-bond acceptors (Lipinski definition) is 4. The van der Waals surface area contributed by atoms with Crippen molar-refractivity contribution in [2.75, 3.05) is 24.5 Å². The molecule has 1 spiro atoms. The van der Waals surface area contributed by atoms with E-state index < -0.39 is 6.03 Å². The molecule has 0 atom stereocenters. The van der Waals surface area contributed by atoms with Crippen molar-refractivity contribution in [3.8, 4) is 0 Å². The largest absolute Gasteiger partial charge is 0.329 e. The lowest BCUT2D eigenvalue weighted by Crippen LogP contribution is -2.45. The number of nitrogens with one attached hydrogen (secondary N) is 1. The summed E-state index contributed by atoms with van der Waals surface area (Å²) in [6, 6.07) is 3.54. The van der Waals surface area contributed by atoms with Crippen molar-refractivity contribution in [2.45, 2.75) is 89.5 Å². The van der Waals surface area contributed by atoms with E-state index in [9.17, 15) is 9.59 Å². The summed E-state index contributed by atoms with van der Waals surface area (Å²) in [6.07, 6.45) is 13.7. The minimum atomic E-state index is -0.550. The van der Waals surface area contributed by atoms with Gasteiger partial charge in [0.15, 0.2) is 5.82 Å². The van der Waals surface area contributed by atoms with Crippen LogP contribution in [0.4, 0.5) is 15.0 Å². The molecule has 5 rings (SSSR count). The summed E-state index contributed by atoms with van der Waals surface area (Å²) in [7, 11) is 1.82. The summed E-state index contributed by atoms with van der Waals surface area (Å²) in [6.45, 7) is 4.80. The lowest BCUT2D eigenvalue weighted by Gasteiger charge is -2.44. The fraction of sp³-hybridized carbons (Fsp3) is 0.679. The highest BCUT2D eigenvalue weighted by molar-refractivity contribution is 6.03. The molecule has 2 saturated carbocycles. The molecule has 0 bridgehead atoms. The van der Waals surface area contributed by atoms with Gasteiger partial charge in [-0.25, -0.2) is 9.18 Å². The third-order valence-corrected chi connectivity index (χ3v) is 9.26. The van der Waals surface area contributed by atoms with Gasteiger partial charge >= 0.3 is 6.03 Å². The summed E-state index contributed by atoms with van der Waals surface area (Å²) >= 11 is 0. The van der Waals surface area contributed by atoms with Crippen LogP contribution in [0.5, 0.6) is 0 Å². The number of benzene rings is 1. The fourth-order valence-electron chi connectivity index (χ4n) is 7.18. The van der Waals surface area contributed by atoms with Crippen molar-refractivity contribution >= 4 is 29.2 Å². The summed E-state index contributed by atoms with van der Waals surface area (Å²) in [5.74, 6) is 0.363. The van der Waals surface area contributed by atoms with Crippen LogP contribution in [0.2, 0.25) is 0 Å². The number of carbonyl (C=O) groups excluding carboxylic acids is 2. The van der Waals surface area contributed by atoms with Crippen LogP contribution < -0.4 is 10.2 Å². The number of imide groups is 1. The van der Waals surface area contributed by atoms with Crippen LogP contribution in [-0.2, 0) is 11.8 Å². The van der Waals surface area contributed by atoms with Crippen molar-refractivity contribution in [3.05, 3.63) is 23.5 Å². The van der Waals surface area contributed by atoms with E-state index in [0.29, 0.717) is 42.0 Å². The smallest absolute Gasteiger partial charge is 0.300 e. The summed E-state index contributed by atoms with van der Waals surface area (Å²) in [5, 5.41) is 7.31. The summed E-state index contributed by atoms with van der Waals surface area (Å²) < 4.78 is 17.2. The van der Waals surface area contributed by atoms with Crippen molar-refractivity contribution < 1.29 is 14.0 Å². The molecule has 3 fully saturated rings. The second kappa shape index (κ2) is 10.5. The molecule has 2 aromatic rings. The molecular formula is C28H40FN5O2. The third kappa shape index (κ3) is 4.76. The van der Waals surface area contributed by atoms with E-state index in [-0.39, 0.29) is 11.7 Å². The van der Waals surface area contributed by atoms with E-state index in [1.165, 1.54) is 62.6 Å². The van der Waals surface area contributed by atoms with Crippen LogP contribution in [0.15, 0.2) is 12.1 Å². The number of urea groups is 1. The van der Waals surface area contributed by atoms with E-state index in [2.05, 4.69) is 15.3 Å². The summed E-state index contributed by atoms with van der Waals surface area (Å²) in [4.78, 5) is 27.4. The topological polar surface area (TPSA) is 70.5 Å². The minimum absolute atomic E-state index is 0.208. The van der Waals surface area contributed by atoms with Gasteiger partial charge in [-0.2, -0.15) is 5.10 Å². The Labute approximate surface area is 213 Å². The van der Waals surface area contributed by atoms with E-state index in [1.54, 1.807) is 4.68 Å². The number of carbonyl (C=O) groups is 2. The molecule has 3 aliphatic rings. The van der Waals surface area contributed by atoms with Gasteiger partial charge in [0.05, 0.1) is 5.52 Å². The highest BCUT2D eigenvalue weighted by atomic mass is 19.1.